The monoisotopic (exact) mass is 176 g/mol. The lowest BCUT2D eigenvalue weighted by Crippen LogP contribution is -2.03. The SMILES string of the molecule is C[C@@H](O)Cc1ccc2nc[nH]c2c1. The van der Waals surface area contributed by atoms with Gasteiger partial charge >= 0.3 is 0 Å². The molecule has 2 N–H and O–H groups in total. The summed E-state index contributed by atoms with van der Waals surface area (Å²) in [6.07, 6.45) is 2.08. The van der Waals surface area contributed by atoms with Crippen LogP contribution in [0.3, 0.4) is 0 Å². The summed E-state index contributed by atoms with van der Waals surface area (Å²) in [4.78, 5) is 7.16. The smallest absolute Gasteiger partial charge is 0.0931 e. The van der Waals surface area contributed by atoms with E-state index in [1.54, 1.807) is 13.3 Å². The Labute approximate surface area is 76.4 Å². The molecule has 2 aromatic rings. The Hall–Kier alpha value is -1.35. The fraction of sp³-hybridized carbons (Fsp3) is 0.300. The van der Waals surface area contributed by atoms with Gasteiger partial charge in [-0.25, -0.2) is 4.98 Å². The topological polar surface area (TPSA) is 48.9 Å². The number of hydrogen-bond acceptors (Lipinski definition) is 2. The van der Waals surface area contributed by atoms with Gasteiger partial charge in [-0.3, -0.25) is 0 Å². The highest BCUT2D eigenvalue weighted by Crippen LogP contribution is 2.12. The molecule has 0 aliphatic heterocycles. The van der Waals surface area contributed by atoms with Crippen molar-refractivity contribution in [2.24, 2.45) is 0 Å². The minimum atomic E-state index is -0.291. The minimum absolute atomic E-state index is 0.291. The van der Waals surface area contributed by atoms with Crippen molar-refractivity contribution in [2.45, 2.75) is 19.4 Å². The van der Waals surface area contributed by atoms with Crippen LogP contribution in [0.25, 0.3) is 11.0 Å². The zero-order valence-electron chi connectivity index (χ0n) is 7.49. The van der Waals surface area contributed by atoms with E-state index in [9.17, 15) is 5.11 Å². The van der Waals surface area contributed by atoms with Crippen LogP contribution in [0.1, 0.15) is 12.5 Å². The summed E-state index contributed by atoms with van der Waals surface area (Å²) in [5, 5.41) is 9.20. The number of hydrogen-bond donors (Lipinski definition) is 2. The molecule has 1 heterocycles. The van der Waals surface area contributed by atoms with Crippen molar-refractivity contribution in [3.63, 3.8) is 0 Å². The Morgan fingerprint density at radius 2 is 2.38 bits per heavy atom. The predicted octanol–water partition coefficient (Wildman–Crippen LogP) is 1.49. The molecule has 1 aromatic carbocycles. The molecular weight excluding hydrogens is 164 g/mol. The Balaban J connectivity index is 2.37. The average molecular weight is 176 g/mol. The fourth-order valence-electron chi connectivity index (χ4n) is 1.45. The van der Waals surface area contributed by atoms with E-state index in [1.165, 1.54) is 0 Å². The van der Waals surface area contributed by atoms with Gasteiger partial charge in [-0.15, -0.1) is 0 Å². The van der Waals surface area contributed by atoms with Crippen molar-refractivity contribution < 1.29 is 5.11 Å². The zero-order chi connectivity index (χ0) is 9.26. The maximum Gasteiger partial charge on any atom is 0.0931 e. The van der Waals surface area contributed by atoms with Crippen LogP contribution in [-0.4, -0.2) is 21.2 Å². The van der Waals surface area contributed by atoms with Crippen LogP contribution < -0.4 is 0 Å². The number of aliphatic hydroxyl groups excluding tert-OH is 1. The first-order chi connectivity index (χ1) is 6.25. The molecule has 0 fully saturated rings. The molecule has 0 amide bonds. The first-order valence-electron chi connectivity index (χ1n) is 4.36. The summed E-state index contributed by atoms with van der Waals surface area (Å²) in [5.41, 5.74) is 3.12. The third-order valence-electron chi connectivity index (χ3n) is 2.02. The number of rotatable bonds is 2. The van der Waals surface area contributed by atoms with Crippen LogP contribution in [0.2, 0.25) is 0 Å². The Kier molecular flexibility index (Phi) is 2.02. The highest BCUT2D eigenvalue weighted by molar-refractivity contribution is 5.75. The molecule has 0 saturated carbocycles. The third kappa shape index (κ3) is 1.70. The molecule has 3 nitrogen and oxygen atoms in total. The second kappa shape index (κ2) is 3.18. The van der Waals surface area contributed by atoms with Crippen molar-refractivity contribution >= 4 is 11.0 Å². The number of H-pyrrole nitrogens is 1. The number of aromatic nitrogens is 2. The quantitative estimate of drug-likeness (QED) is 0.728. The van der Waals surface area contributed by atoms with E-state index < -0.39 is 0 Å². The fourth-order valence-corrected chi connectivity index (χ4v) is 1.45. The van der Waals surface area contributed by atoms with E-state index in [2.05, 4.69) is 9.97 Å². The van der Waals surface area contributed by atoms with E-state index in [0.717, 1.165) is 16.6 Å². The van der Waals surface area contributed by atoms with Crippen molar-refractivity contribution in [3.05, 3.63) is 30.1 Å². The predicted molar refractivity (Wildman–Crippen MR) is 51.5 cm³/mol. The molecule has 1 aromatic heterocycles. The van der Waals surface area contributed by atoms with Gasteiger partial charge in [0.05, 0.1) is 23.5 Å². The van der Waals surface area contributed by atoms with Crippen LogP contribution in [-0.2, 0) is 6.42 Å². The molecule has 3 heteroatoms. The molecule has 0 aliphatic carbocycles. The van der Waals surface area contributed by atoms with Gasteiger partial charge in [0.15, 0.2) is 0 Å². The van der Waals surface area contributed by atoms with Crippen LogP contribution >= 0.6 is 0 Å². The Morgan fingerprint density at radius 3 is 3.15 bits per heavy atom. The van der Waals surface area contributed by atoms with E-state index in [4.69, 9.17) is 0 Å². The lowest BCUT2D eigenvalue weighted by atomic mass is 10.1. The van der Waals surface area contributed by atoms with Gasteiger partial charge in [0.25, 0.3) is 0 Å². The molecule has 13 heavy (non-hydrogen) atoms. The molecule has 0 bridgehead atoms. The second-order valence-corrected chi connectivity index (χ2v) is 3.31. The highest BCUT2D eigenvalue weighted by Gasteiger charge is 2.01. The summed E-state index contributed by atoms with van der Waals surface area (Å²) in [7, 11) is 0. The number of nitrogens with one attached hydrogen (secondary N) is 1. The lowest BCUT2D eigenvalue weighted by molar-refractivity contribution is 0.195. The number of benzene rings is 1. The maximum atomic E-state index is 9.20. The number of fused-ring (bicyclic) bond motifs is 1. The number of imidazole rings is 1. The minimum Gasteiger partial charge on any atom is -0.393 e. The van der Waals surface area contributed by atoms with E-state index in [-0.39, 0.29) is 6.10 Å². The van der Waals surface area contributed by atoms with Crippen molar-refractivity contribution in [2.75, 3.05) is 0 Å². The summed E-state index contributed by atoms with van der Waals surface area (Å²) in [6.45, 7) is 1.79. The van der Waals surface area contributed by atoms with Crippen LogP contribution in [0, 0.1) is 0 Å². The van der Waals surface area contributed by atoms with Gasteiger partial charge in [0.1, 0.15) is 0 Å². The van der Waals surface area contributed by atoms with Crippen molar-refractivity contribution in [1.82, 2.24) is 9.97 Å². The standard InChI is InChI=1S/C10H12N2O/c1-7(13)4-8-2-3-9-10(5-8)12-6-11-9/h2-3,5-7,13H,4H2,1H3,(H,11,12)/t7-/m1/s1. The van der Waals surface area contributed by atoms with Gasteiger partial charge in [0, 0.05) is 0 Å². The summed E-state index contributed by atoms with van der Waals surface area (Å²) >= 11 is 0. The molecule has 0 aliphatic rings. The number of nitrogens with zero attached hydrogens (tertiary/aromatic N) is 1. The molecule has 2 rings (SSSR count). The normalized spacial score (nSPS) is 13.4. The van der Waals surface area contributed by atoms with Crippen LogP contribution in [0.4, 0.5) is 0 Å². The Morgan fingerprint density at radius 1 is 1.54 bits per heavy atom. The van der Waals surface area contributed by atoms with Gasteiger partial charge in [0.2, 0.25) is 0 Å². The van der Waals surface area contributed by atoms with Gasteiger partial charge in [-0.05, 0) is 31.0 Å². The van der Waals surface area contributed by atoms with Crippen molar-refractivity contribution in [1.29, 1.82) is 0 Å². The van der Waals surface area contributed by atoms with E-state index in [1.807, 2.05) is 18.2 Å². The molecule has 0 radical (unpaired) electrons. The van der Waals surface area contributed by atoms with Crippen molar-refractivity contribution in [3.8, 4) is 0 Å². The summed E-state index contributed by atoms with van der Waals surface area (Å²) in [5.74, 6) is 0. The average Bonchev–Trinajstić information content (AvgIpc) is 2.49. The van der Waals surface area contributed by atoms with Gasteiger partial charge in [-0.1, -0.05) is 6.07 Å². The van der Waals surface area contributed by atoms with Crippen LogP contribution in [0.15, 0.2) is 24.5 Å². The second-order valence-electron chi connectivity index (χ2n) is 3.31. The maximum absolute atomic E-state index is 9.20. The van der Waals surface area contributed by atoms with E-state index in [0.29, 0.717) is 6.42 Å². The lowest BCUT2D eigenvalue weighted by Gasteiger charge is -2.03. The highest BCUT2D eigenvalue weighted by atomic mass is 16.3. The zero-order valence-corrected chi connectivity index (χ0v) is 7.49. The number of aromatic amines is 1. The van der Waals surface area contributed by atoms with Crippen LogP contribution in [0.5, 0.6) is 0 Å². The van der Waals surface area contributed by atoms with Gasteiger partial charge in [-0.2, -0.15) is 0 Å². The largest absolute Gasteiger partial charge is 0.393 e. The molecule has 0 spiro atoms. The first-order valence-corrected chi connectivity index (χ1v) is 4.36. The molecule has 68 valence electrons. The molecule has 0 saturated heterocycles. The first kappa shape index (κ1) is 8.26. The number of aliphatic hydroxyl groups is 1. The Bertz CT molecular complexity index is 406. The van der Waals surface area contributed by atoms with E-state index >= 15 is 0 Å². The van der Waals surface area contributed by atoms with Gasteiger partial charge < -0.3 is 10.1 Å². The summed E-state index contributed by atoms with van der Waals surface area (Å²) in [6, 6.07) is 5.98. The third-order valence-corrected chi connectivity index (χ3v) is 2.02. The molecule has 1 atom stereocenters. The molecule has 0 unspecified atom stereocenters. The molecular formula is C10H12N2O. The summed E-state index contributed by atoms with van der Waals surface area (Å²) < 4.78 is 0.